The Morgan fingerprint density at radius 3 is 2.50 bits per heavy atom. The smallest absolute Gasteiger partial charge is 0.215 e. The van der Waals surface area contributed by atoms with Gasteiger partial charge in [-0.1, -0.05) is 23.7 Å². The van der Waals surface area contributed by atoms with Crippen LogP contribution in [0.2, 0.25) is 5.02 Å². The van der Waals surface area contributed by atoms with Gasteiger partial charge in [0.2, 0.25) is 10.0 Å². The summed E-state index contributed by atoms with van der Waals surface area (Å²) in [6.45, 7) is 2.95. The second kappa shape index (κ2) is 7.38. The average Bonchev–Trinajstić information content (AvgIpc) is 2.46. The van der Waals surface area contributed by atoms with Crippen LogP contribution in [0.25, 0.3) is 0 Å². The third-order valence-corrected chi connectivity index (χ3v) is 5.27. The minimum absolute atomic E-state index is 0.112. The van der Waals surface area contributed by atoms with Crippen molar-refractivity contribution < 1.29 is 13.2 Å². The highest BCUT2D eigenvalue weighted by atomic mass is 35.5. The molecule has 0 aliphatic carbocycles. The lowest BCUT2D eigenvalue weighted by Gasteiger charge is -2.26. The van der Waals surface area contributed by atoms with Gasteiger partial charge in [-0.15, -0.1) is 0 Å². The molecule has 112 valence electrons. The number of nitrogens with zero attached hydrogens (tertiary/aromatic N) is 1. The highest BCUT2D eigenvalue weighted by molar-refractivity contribution is 7.89. The van der Waals surface area contributed by atoms with E-state index in [-0.39, 0.29) is 5.75 Å². The van der Waals surface area contributed by atoms with E-state index in [1.807, 2.05) is 24.3 Å². The second-order valence-corrected chi connectivity index (χ2v) is 7.16. The summed E-state index contributed by atoms with van der Waals surface area (Å²) in [5.41, 5.74) is 1.08. The monoisotopic (exact) mass is 318 g/mol. The average molecular weight is 319 g/mol. The molecule has 5 nitrogen and oxygen atoms in total. The summed E-state index contributed by atoms with van der Waals surface area (Å²) < 4.78 is 30.8. The van der Waals surface area contributed by atoms with Crippen LogP contribution in [-0.2, 0) is 21.3 Å². The molecule has 1 fully saturated rings. The molecule has 1 aromatic carbocycles. The number of nitrogens with one attached hydrogen (secondary N) is 1. The summed E-state index contributed by atoms with van der Waals surface area (Å²) in [6.07, 6.45) is 0. The van der Waals surface area contributed by atoms with Crippen LogP contribution in [0.3, 0.4) is 0 Å². The van der Waals surface area contributed by atoms with Crippen LogP contribution in [0.4, 0.5) is 0 Å². The zero-order chi connectivity index (χ0) is 14.4. The minimum Gasteiger partial charge on any atom is -0.379 e. The summed E-state index contributed by atoms with van der Waals surface area (Å²) in [5.74, 6) is 0.112. The zero-order valence-electron chi connectivity index (χ0n) is 11.2. The summed E-state index contributed by atoms with van der Waals surface area (Å²) in [6, 6.07) is 7.49. The molecule has 0 unspecified atom stereocenters. The van der Waals surface area contributed by atoms with Gasteiger partial charge in [0.1, 0.15) is 0 Å². The first kappa shape index (κ1) is 15.7. The van der Waals surface area contributed by atoms with Gasteiger partial charge in [0.05, 0.1) is 19.0 Å². The van der Waals surface area contributed by atoms with Crippen molar-refractivity contribution in [1.82, 2.24) is 9.62 Å². The molecule has 1 aliphatic rings. The Morgan fingerprint density at radius 1 is 1.20 bits per heavy atom. The topological polar surface area (TPSA) is 58.6 Å². The molecular formula is C13H19ClN2O3S. The van der Waals surface area contributed by atoms with Crippen LogP contribution in [0.1, 0.15) is 5.56 Å². The van der Waals surface area contributed by atoms with Gasteiger partial charge < -0.3 is 10.1 Å². The minimum atomic E-state index is -3.17. The Kier molecular flexibility index (Phi) is 5.80. The van der Waals surface area contributed by atoms with Gasteiger partial charge in [0.15, 0.2) is 0 Å². The molecule has 1 N–H and O–H groups in total. The highest BCUT2D eigenvalue weighted by Crippen LogP contribution is 2.09. The van der Waals surface area contributed by atoms with E-state index >= 15 is 0 Å². The Morgan fingerprint density at radius 2 is 1.85 bits per heavy atom. The van der Waals surface area contributed by atoms with Crippen LogP contribution in [-0.4, -0.2) is 51.3 Å². The fourth-order valence-corrected chi connectivity index (χ4v) is 3.48. The molecular weight excluding hydrogens is 300 g/mol. The van der Waals surface area contributed by atoms with Crippen molar-refractivity contribution in [1.29, 1.82) is 0 Å². The van der Waals surface area contributed by atoms with Crippen molar-refractivity contribution in [3.63, 3.8) is 0 Å². The van der Waals surface area contributed by atoms with Crippen LogP contribution in [0.15, 0.2) is 24.3 Å². The Hall–Kier alpha value is -0.660. The molecule has 0 amide bonds. The number of morpholine rings is 1. The first-order chi connectivity index (χ1) is 9.58. The van der Waals surface area contributed by atoms with E-state index < -0.39 is 10.0 Å². The van der Waals surface area contributed by atoms with Crippen molar-refractivity contribution in [2.45, 2.75) is 6.54 Å². The number of halogens is 1. The number of ether oxygens (including phenoxy) is 1. The maximum Gasteiger partial charge on any atom is 0.215 e. The van der Waals surface area contributed by atoms with Crippen LogP contribution >= 0.6 is 11.6 Å². The zero-order valence-corrected chi connectivity index (χ0v) is 12.8. The Bertz CT molecular complexity index is 513. The van der Waals surface area contributed by atoms with E-state index in [1.54, 1.807) is 0 Å². The van der Waals surface area contributed by atoms with E-state index in [0.717, 1.165) is 5.56 Å². The first-order valence-electron chi connectivity index (χ1n) is 6.59. The molecule has 0 spiro atoms. The molecule has 20 heavy (non-hydrogen) atoms. The summed E-state index contributed by atoms with van der Waals surface area (Å²) in [4.78, 5) is 0. The van der Waals surface area contributed by atoms with Crippen molar-refractivity contribution in [3.8, 4) is 0 Å². The predicted molar refractivity (Wildman–Crippen MR) is 79.3 cm³/mol. The molecule has 1 aromatic rings. The molecule has 0 saturated carbocycles. The quantitative estimate of drug-likeness (QED) is 0.798. The molecule has 2 rings (SSSR count). The van der Waals surface area contributed by atoms with Gasteiger partial charge in [-0.2, -0.15) is 4.31 Å². The SMILES string of the molecule is O=S(=O)(CCNCc1ccc(Cl)cc1)N1CCOCC1. The number of rotatable bonds is 6. The molecule has 1 saturated heterocycles. The van der Waals surface area contributed by atoms with Gasteiger partial charge in [-0.05, 0) is 17.7 Å². The largest absolute Gasteiger partial charge is 0.379 e. The molecule has 7 heteroatoms. The van der Waals surface area contributed by atoms with Crippen LogP contribution < -0.4 is 5.32 Å². The Labute approximate surface area is 124 Å². The summed E-state index contributed by atoms with van der Waals surface area (Å²) in [5, 5.41) is 3.83. The molecule has 1 heterocycles. The van der Waals surface area contributed by atoms with Crippen molar-refractivity contribution in [2.75, 3.05) is 38.6 Å². The van der Waals surface area contributed by atoms with Gasteiger partial charge in [0, 0.05) is 31.2 Å². The summed E-state index contributed by atoms with van der Waals surface area (Å²) >= 11 is 5.80. The fraction of sp³-hybridized carbons (Fsp3) is 0.538. The van der Waals surface area contributed by atoms with Gasteiger partial charge in [-0.25, -0.2) is 8.42 Å². The number of benzene rings is 1. The number of hydrogen-bond acceptors (Lipinski definition) is 4. The standard InChI is InChI=1S/C13H19ClN2O3S/c14-13-3-1-12(2-4-13)11-15-5-10-20(17,18)16-6-8-19-9-7-16/h1-4,15H,5-11H2. The van der Waals surface area contributed by atoms with E-state index in [4.69, 9.17) is 16.3 Å². The highest BCUT2D eigenvalue weighted by Gasteiger charge is 2.23. The van der Waals surface area contributed by atoms with Gasteiger partial charge >= 0.3 is 0 Å². The van der Waals surface area contributed by atoms with E-state index in [9.17, 15) is 8.42 Å². The third-order valence-electron chi connectivity index (χ3n) is 3.14. The van der Waals surface area contributed by atoms with Crippen LogP contribution in [0.5, 0.6) is 0 Å². The van der Waals surface area contributed by atoms with Crippen molar-refractivity contribution in [3.05, 3.63) is 34.9 Å². The lowest BCUT2D eigenvalue weighted by molar-refractivity contribution is 0.0730. The molecule has 1 aliphatic heterocycles. The first-order valence-corrected chi connectivity index (χ1v) is 8.57. The van der Waals surface area contributed by atoms with E-state index in [0.29, 0.717) is 44.4 Å². The number of sulfonamides is 1. The van der Waals surface area contributed by atoms with Crippen LogP contribution in [0, 0.1) is 0 Å². The second-order valence-electron chi connectivity index (χ2n) is 4.63. The van der Waals surface area contributed by atoms with E-state index in [2.05, 4.69) is 5.32 Å². The molecule has 0 aromatic heterocycles. The van der Waals surface area contributed by atoms with Crippen molar-refractivity contribution >= 4 is 21.6 Å². The van der Waals surface area contributed by atoms with E-state index in [1.165, 1.54) is 4.31 Å². The van der Waals surface area contributed by atoms with Gasteiger partial charge in [-0.3, -0.25) is 0 Å². The summed E-state index contributed by atoms with van der Waals surface area (Å²) in [7, 11) is -3.17. The fourth-order valence-electron chi connectivity index (χ4n) is 1.99. The predicted octanol–water partition coefficient (Wildman–Crippen LogP) is 1.09. The van der Waals surface area contributed by atoms with Gasteiger partial charge in [0.25, 0.3) is 0 Å². The molecule has 0 bridgehead atoms. The Balaban J connectivity index is 1.73. The maximum absolute atomic E-state index is 12.1. The molecule has 0 atom stereocenters. The maximum atomic E-state index is 12.1. The normalized spacial score (nSPS) is 17.2. The third kappa shape index (κ3) is 4.71. The lowest BCUT2D eigenvalue weighted by Crippen LogP contribution is -2.43. The number of hydrogen-bond donors (Lipinski definition) is 1. The van der Waals surface area contributed by atoms with Crippen molar-refractivity contribution in [2.24, 2.45) is 0 Å². The molecule has 0 radical (unpaired) electrons. The lowest BCUT2D eigenvalue weighted by atomic mass is 10.2.